The maximum absolute atomic E-state index is 12.7. The molecule has 6 heteroatoms. The number of hydrogen-bond donors (Lipinski definition) is 2. The highest BCUT2D eigenvalue weighted by Gasteiger charge is 2.51. The number of hydrogen-bond acceptors (Lipinski definition) is 3. The van der Waals surface area contributed by atoms with Crippen molar-refractivity contribution in [3.05, 3.63) is 0 Å². The Hall–Kier alpha value is -1.59. The largest absolute Gasteiger partial charge is 0.352 e. The summed E-state index contributed by atoms with van der Waals surface area (Å²) in [6.45, 7) is 1.91. The first-order valence-corrected chi connectivity index (χ1v) is 9.92. The summed E-state index contributed by atoms with van der Waals surface area (Å²) in [7, 11) is 0. The van der Waals surface area contributed by atoms with Gasteiger partial charge in [-0.15, -0.1) is 0 Å². The van der Waals surface area contributed by atoms with Crippen LogP contribution in [0.2, 0.25) is 0 Å². The van der Waals surface area contributed by atoms with E-state index in [0.717, 1.165) is 36.0 Å². The first kappa shape index (κ1) is 16.9. The second-order valence-electron chi connectivity index (χ2n) is 8.66. The number of imide groups is 1. The average molecular weight is 347 g/mol. The van der Waals surface area contributed by atoms with Crippen molar-refractivity contribution in [1.82, 2.24) is 15.5 Å². The highest BCUT2D eigenvalue weighted by Crippen LogP contribution is 2.49. The fourth-order valence-corrected chi connectivity index (χ4v) is 5.77. The number of rotatable bonds is 4. The van der Waals surface area contributed by atoms with Gasteiger partial charge in [-0.05, 0) is 56.8 Å². The summed E-state index contributed by atoms with van der Waals surface area (Å²) < 4.78 is 0. The molecule has 4 unspecified atom stereocenters. The predicted molar refractivity (Wildman–Crippen MR) is 92.6 cm³/mol. The van der Waals surface area contributed by atoms with Crippen molar-refractivity contribution in [3.63, 3.8) is 0 Å². The molecule has 4 amide bonds. The quantitative estimate of drug-likeness (QED) is 0.765. The lowest BCUT2D eigenvalue weighted by molar-refractivity contribution is -0.136. The van der Waals surface area contributed by atoms with Gasteiger partial charge < -0.3 is 10.6 Å². The maximum Gasteiger partial charge on any atom is 0.325 e. The van der Waals surface area contributed by atoms with Crippen LogP contribution in [0.4, 0.5) is 4.79 Å². The third kappa shape index (κ3) is 2.93. The Bertz CT molecular complexity index is 584. The second-order valence-corrected chi connectivity index (χ2v) is 8.66. The Morgan fingerprint density at radius 3 is 2.64 bits per heavy atom. The van der Waals surface area contributed by atoms with Crippen LogP contribution in [0.15, 0.2) is 0 Å². The molecule has 1 saturated heterocycles. The van der Waals surface area contributed by atoms with Gasteiger partial charge in [-0.3, -0.25) is 14.5 Å². The number of amides is 4. The van der Waals surface area contributed by atoms with Crippen molar-refractivity contribution in [3.8, 4) is 0 Å². The number of urea groups is 1. The topological polar surface area (TPSA) is 78.5 Å². The second kappa shape index (κ2) is 6.29. The van der Waals surface area contributed by atoms with E-state index in [0.29, 0.717) is 18.8 Å². The van der Waals surface area contributed by atoms with Gasteiger partial charge in [0.05, 0.1) is 0 Å². The lowest BCUT2D eigenvalue weighted by Crippen LogP contribution is -2.49. The van der Waals surface area contributed by atoms with Crippen LogP contribution < -0.4 is 10.6 Å². The fraction of sp³-hybridized carbons (Fsp3) is 0.842. The van der Waals surface area contributed by atoms with Crippen molar-refractivity contribution in [1.29, 1.82) is 0 Å². The number of carbonyl (C=O) groups excluding carboxylic acids is 3. The van der Waals surface area contributed by atoms with E-state index in [4.69, 9.17) is 0 Å². The number of fused-ring (bicyclic) bond motifs is 2. The Kier molecular flexibility index (Phi) is 4.24. The summed E-state index contributed by atoms with van der Waals surface area (Å²) in [5, 5.41) is 5.92. The molecule has 1 aliphatic heterocycles. The molecule has 0 aromatic rings. The molecule has 1 heterocycles. The van der Waals surface area contributed by atoms with Crippen molar-refractivity contribution in [2.75, 3.05) is 6.54 Å². The lowest BCUT2D eigenvalue weighted by atomic mass is 9.82. The van der Waals surface area contributed by atoms with E-state index in [9.17, 15) is 14.4 Å². The molecule has 4 atom stereocenters. The summed E-state index contributed by atoms with van der Waals surface area (Å²) >= 11 is 0. The van der Waals surface area contributed by atoms with E-state index in [2.05, 4.69) is 17.6 Å². The SMILES string of the molecule is CC(NC(=O)CN1C(=O)NC2(CCCCC2)C1=O)C1CC2CCC1C2. The molecule has 2 bridgehead atoms. The maximum atomic E-state index is 12.7. The minimum Gasteiger partial charge on any atom is -0.352 e. The van der Waals surface area contributed by atoms with E-state index in [1.54, 1.807) is 0 Å². The number of carbonyl (C=O) groups is 3. The van der Waals surface area contributed by atoms with Crippen LogP contribution in [0.3, 0.4) is 0 Å². The third-order valence-electron chi connectivity index (χ3n) is 7.08. The Morgan fingerprint density at radius 1 is 1.24 bits per heavy atom. The Morgan fingerprint density at radius 2 is 2.00 bits per heavy atom. The van der Waals surface area contributed by atoms with Crippen LogP contribution in [0.1, 0.15) is 64.7 Å². The standard InChI is InChI=1S/C19H29N3O3/c1-12(15-10-13-5-6-14(15)9-13)20-16(23)11-22-17(24)19(21-18(22)25)7-3-2-4-8-19/h12-15H,2-11H2,1H3,(H,20,23)(H,21,25). The van der Waals surface area contributed by atoms with E-state index >= 15 is 0 Å². The van der Waals surface area contributed by atoms with Crippen molar-refractivity contribution in [2.24, 2.45) is 17.8 Å². The molecule has 4 rings (SSSR count). The van der Waals surface area contributed by atoms with Crippen molar-refractivity contribution < 1.29 is 14.4 Å². The molecule has 6 nitrogen and oxygen atoms in total. The molecule has 0 radical (unpaired) electrons. The summed E-state index contributed by atoms with van der Waals surface area (Å²) in [6, 6.07) is -0.290. The van der Waals surface area contributed by atoms with Gasteiger partial charge in [-0.2, -0.15) is 0 Å². The Balaban J connectivity index is 1.34. The molecular formula is C19H29N3O3. The third-order valence-corrected chi connectivity index (χ3v) is 7.08. The van der Waals surface area contributed by atoms with Gasteiger partial charge >= 0.3 is 6.03 Å². The predicted octanol–water partition coefficient (Wildman–Crippen LogP) is 2.18. The monoisotopic (exact) mass is 347 g/mol. The van der Waals surface area contributed by atoms with Gasteiger partial charge in [-0.25, -0.2) is 4.79 Å². The molecule has 4 fully saturated rings. The normalized spacial score (nSPS) is 34.4. The molecule has 1 spiro atoms. The van der Waals surface area contributed by atoms with Crippen LogP contribution in [0.25, 0.3) is 0 Å². The molecule has 138 valence electrons. The van der Waals surface area contributed by atoms with Gasteiger partial charge in [0.1, 0.15) is 12.1 Å². The molecule has 3 aliphatic carbocycles. The highest BCUT2D eigenvalue weighted by atomic mass is 16.2. The fourth-order valence-electron chi connectivity index (χ4n) is 5.77. The van der Waals surface area contributed by atoms with Crippen molar-refractivity contribution in [2.45, 2.75) is 76.3 Å². The molecule has 0 aromatic heterocycles. The van der Waals surface area contributed by atoms with Crippen LogP contribution in [0, 0.1) is 17.8 Å². The van der Waals surface area contributed by atoms with Crippen molar-refractivity contribution >= 4 is 17.8 Å². The van der Waals surface area contributed by atoms with Crippen LogP contribution in [0.5, 0.6) is 0 Å². The van der Waals surface area contributed by atoms with Crippen LogP contribution in [-0.4, -0.2) is 40.9 Å². The lowest BCUT2D eigenvalue weighted by Gasteiger charge is -2.30. The van der Waals surface area contributed by atoms with E-state index in [1.165, 1.54) is 25.7 Å². The zero-order valence-electron chi connectivity index (χ0n) is 15.1. The summed E-state index contributed by atoms with van der Waals surface area (Å²) in [4.78, 5) is 38.6. The minimum atomic E-state index is -0.744. The molecule has 25 heavy (non-hydrogen) atoms. The van der Waals surface area contributed by atoms with E-state index < -0.39 is 11.6 Å². The smallest absolute Gasteiger partial charge is 0.325 e. The van der Waals surface area contributed by atoms with Crippen LogP contribution >= 0.6 is 0 Å². The zero-order chi connectivity index (χ0) is 17.6. The van der Waals surface area contributed by atoms with Gasteiger partial charge in [0, 0.05) is 6.04 Å². The van der Waals surface area contributed by atoms with Crippen LogP contribution in [-0.2, 0) is 9.59 Å². The highest BCUT2D eigenvalue weighted by molar-refractivity contribution is 6.09. The van der Waals surface area contributed by atoms with Gasteiger partial charge in [0.2, 0.25) is 5.91 Å². The number of nitrogens with zero attached hydrogens (tertiary/aromatic N) is 1. The zero-order valence-corrected chi connectivity index (χ0v) is 15.1. The first-order valence-electron chi connectivity index (χ1n) is 9.92. The minimum absolute atomic E-state index is 0.118. The summed E-state index contributed by atoms with van der Waals surface area (Å²) in [6.07, 6.45) is 9.53. The first-order chi connectivity index (χ1) is 12.0. The summed E-state index contributed by atoms with van der Waals surface area (Å²) in [5.74, 6) is 1.70. The average Bonchev–Trinajstić information content (AvgIpc) is 3.27. The molecule has 4 aliphatic rings. The number of nitrogens with one attached hydrogen (secondary N) is 2. The van der Waals surface area contributed by atoms with E-state index in [-0.39, 0.29) is 24.4 Å². The summed E-state index contributed by atoms with van der Waals surface area (Å²) in [5.41, 5.74) is -0.744. The van der Waals surface area contributed by atoms with Gasteiger partial charge in [0.15, 0.2) is 0 Å². The molecule has 2 N–H and O–H groups in total. The van der Waals surface area contributed by atoms with Gasteiger partial charge in [-0.1, -0.05) is 25.7 Å². The molecule has 0 aromatic carbocycles. The molecule has 3 saturated carbocycles. The van der Waals surface area contributed by atoms with E-state index in [1.807, 2.05) is 0 Å². The van der Waals surface area contributed by atoms with Gasteiger partial charge in [0.25, 0.3) is 5.91 Å². The molecular weight excluding hydrogens is 318 g/mol. The Labute approximate surface area is 149 Å².